The van der Waals surface area contributed by atoms with Gasteiger partial charge in [0.1, 0.15) is 17.4 Å². The molecule has 0 unspecified atom stereocenters. The minimum Gasteiger partial charge on any atom is -0.469 e. The van der Waals surface area contributed by atoms with E-state index in [4.69, 9.17) is 4.42 Å². The molecule has 1 aromatic carbocycles. The molecule has 2 N–H and O–H groups in total. The Labute approximate surface area is 163 Å². The molecule has 9 heteroatoms. The van der Waals surface area contributed by atoms with E-state index in [1.165, 1.54) is 24.3 Å². The van der Waals surface area contributed by atoms with Crippen molar-refractivity contribution >= 4 is 27.4 Å². The summed E-state index contributed by atoms with van der Waals surface area (Å²) in [5, 5.41) is 2.73. The predicted molar refractivity (Wildman–Crippen MR) is 104 cm³/mol. The molecule has 0 aliphatic heterocycles. The fraction of sp³-hybridized carbons (Fsp3) is 0.211. The van der Waals surface area contributed by atoms with E-state index >= 15 is 0 Å². The number of anilines is 2. The quantitative estimate of drug-likeness (QED) is 0.630. The van der Waals surface area contributed by atoms with Crippen molar-refractivity contribution in [1.29, 1.82) is 0 Å². The highest BCUT2D eigenvalue weighted by molar-refractivity contribution is 7.92. The van der Waals surface area contributed by atoms with Gasteiger partial charge in [0.15, 0.2) is 0 Å². The Balaban J connectivity index is 1.63. The summed E-state index contributed by atoms with van der Waals surface area (Å²) in [7, 11) is -3.80. The minimum absolute atomic E-state index is 0.0648. The molecule has 146 valence electrons. The fourth-order valence-electron chi connectivity index (χ4n) is 2.60. The second-order valence-corrected chi connectivity index (χ2v) is 7.88. The third-order valence-electron chi connectivity index (χ3n) is 3.83. The second-order valence-electron chi connectivity index (χ2n) is 6.20. The van der Waals surface area contributed by atoms with E-state index in [2.05, 4.69) is 20.0 Å². The molecule has 1 amide bonds. The van der Waals surface area contributed by atoms with Crippen LogP contribution in [0.15, 0.2) is 58.0 Å². The van der Waals surface area contributed by atoms with Crippen LogP contribution in [0.4, 0.5) is 11.5 Å². The van der Waals surface area contributed by atoms with E-state index in [1.54, 1.807) is 38.3 Å². The summed E-state index contributed by atoms with van der Waals surface area (Å²) < 4.78 is 32.7. The second kappa shape index (κ2) is 8.22. The number of sulfonamides is 1. The molecule has 0 aliphatic rings. The Morgan fingerprint density at radius 1 is 1.11 bits per heavy atom. The molecule has 0 saturated heterocycles. The number of amides is 1. The van der Waals surface area contributed by atoms with Gasteiger partial charge >= 0.3 is 0 Å². The molecule has 0 atom stereocenters. The number of nitrogens with zero attached hydrogens (tertiary/aromatic N) is 2. The van der Waals surface area contributed by atoms with Crippen LogP contribution in [0.25, 0.3) is 0 Å². The minimum atomic E-state index is -3.80. The monoisotopic (exact) mass is 400 g/mol. The van der Waals surface area contributed by atoms with Crippen LogP contribution in [-0.2, 0) is 21.2 Å². The van der Waals surface area contributed by atoms with Gasteiger partial charge in [-0.2, -0.15) is 0 Å². The highest BCUT2D eigenvalue weighted by Crippen LogP contribution is 2.18. The average Bonchev–Trinajstić information content (AvgIpc) is 3.13. The summed E-state index contributed by atoms with van der Waals surface area (Å²) in [5.74, 6) is 1.24. The SMILES string of the molecule is Cc1cc(NS(=O)(=O)c2ccc(NC(=O)CCc3ccco3)cc2)nc(C)n1. The number of hydrogen-bond donors (Lipinski definition) is 2. The maximum atomic E-state index is 12.5. The molecule has 0 saturated carbocycles. The molecule has 0 spiro atoms. The van der Waals surface area contributed by atoms with Crippen LogP contribution >= 0.6 is 0 Å². The lowest BCUT2D eigenvalue weighted by Crippen LogP contribution is -2.15. The van der Waals surface area contributed by atoms with Crippen molar-refractivity contribution in [2.45, 2.75) is 31.6 Å². The number of benzene rings is 1. The van der Waals surface area contributed by atoms with E-state index in [1.807, 2.05) is 0 Å². The Morgan fingerprint density at radius 2 is 1.86 bits per heavy atom. The summed E-state index contributed by atoms with van der Waals surface area (Å²) in [6, 6.07) is 11.0. The van der Waals surface area contributed by atoms with Crippen molar-refractivity contribution in [1.82, 2.24) is 9.97 Å². The standard InChI is InChI=1S/C19H20N4O4S/c1-13-12-18(21-14(2)20-13)23-28(25,26)17-8-5-15(6-9-17)22-19(24)10-7-16-4-3-11-27-16/h3-6,8-9,11-12H,7,10H2,1-2H3,(H,22,24)(H,20,21,23). The van der Waals surface area contributed by atoms with E-state index in [9.17, 15) is 13.2 Å². The number of nitrogens with one attached hydrogen (secondary N) is 2. The van der Waals surface area contributed by atoms with Crippen LogP contribution in [0.3, 0.4) is 0 Å². The molecular weight excluding hydrogens is 380 g/mol. The summed E-state index contributed by atoms with van der Waals surface area (Å²) in [6.07, 6.45) is 2.32. The summed E-state index contributed by atoms with van der Waals surface area (Å²) in [4.78, 5) is 20.3. The zero-order chi connectivity index (χ0) is 20.1. The van der Waals surface area contributed by atoms with Crippen LogP contribution in [0, 0.1) is 13.8 Å². The number of aromatic nitrogens is 2. The summed E-state index contributed by atoms with van der Waals surface area (Å²) in [5.41, 5.74) is 1.18. The van der Waals surface area contributed by atoms with Crippen molar-refractivity contribution in [2.24, 2.45) is 0 Å². The number of rotatable bonds is 7. The highest BCUT2D eigenvalue weighted by Gasteiger charge is 2.16. The molecule has 0 bridgehead atoms. The lowest BCUT2D eigenvalue weighted by atomic mass is 10.2. The third-order valence-corrected chi connectivity index (χ3v) is 5.20. The van der Waals surface area contributed by atoms with Gasteiger partial charge in [-0.05, 0) is 50.2 Å². The van der Waals surface area contributed by atoms with Crippen molar-refractivity contribution in [3.05, 3.63) is 66.0 Å². The first-order chi connectivity index (χ1) is 13.3. The van der Waals surface area contributed by atoms with Gasteiger partial charge in [0.25, 0.3) is 10.0 Å². The van der Waals surface area contributed by atoms with Gasteiger partial charge in [0.2, 0.25) is 5.91 Å². The van der Waals surface area contributed by atoms with E-state index in [0.29, 0.717) is 23.6 Å². The maximum Gasteiger partial charge on any atom is 0.263 e. The number of carbonyl (C=O) groups excluding carboxylic acids is 1. The van der Waals surface area contributed by atoms with Gasteiger partial charge in [-0.25, -0.2) is 18.4 Å². The van der Waals surface area contributed by atoms with Gasteiger partial charge in [-0.3, -0.25) is 9.52 Å². The molecule has 0 fully saturated rings. The molecule has 3 aromatic rings. The van der Waals surface area contributed by atoms with Crippen LogP contribution in [-0.4, -0.2) is 24.3 Å². The zero-order valence-corrected chi connectivity index (χ0v) is 16.3. The lowest BCUT2D eigenvalue weighted by molar-refractivity contribution is -0.116. The molecule has 2 heterocycles. The Bertz CT molecular complexity index is 1040. The predicted octanol–water partition coefficient (Wildman–Crippen LogP) is 3.06. The number of furan rings is 1. The highest BCUT2D eigenvalue weighted by atomic mass is 32.2. The lowest BCUT2D eigenvalue weighted by Gasteiger charge is -2.10. The van der Waals surface area contributed by atoms with Crippen LogP contribution in [0.2, 0.25) is 0 Å². The van der Waals surface area contributed by atoms with E-state index in [0.717, 1.165) is 5.76 Å². The van der Waals surface area contributed by atoms with Gasteiger partial charge in [-0.1, -0.05) is 0 Å². The normalized spacial score (nSPS) is 11.2. The summed E-state index contributed by atoms with van der Waals surface area (Å²) >= 11 is 0. The van der Waals surface area contributed by atoms with Crippen molar-refractivity contribution < 1.29 is 17.6 Å². The van der Waals surface area contributed by atoms with Gasteiger partial charge in [-0.15, -0.1) is 0 Å². The number of carbonyl (C=O) groups is 1. The molecule has 2 aromatic heterocycles. The third kappa shape index (κ3) is 5.17. The summed E-state index contributed by atoms with van der Waals surface area (Å²) in [6.45, 7) is 3.45. The molecule has 8 nitrogen and oxygen atoms in total. The van der Waals surface area contributed by atoms with Crippen molar-refractivity contribution in [2.75, 3.05) is 10.0 Å². The van der Waals surface area contributed by atoms with E-state index in [-0.39, 0.29) is 23.0 Å². The Kier molecular flexibility index (Phi) is 5.74. The topological polar surface area (TPSA) is 114 Å². The molecule has 0 radical (unpaired) electrons. The molecule has 3 rings (SSSR count). The first-order valence-electron chi connectivity index (χ1n) is 8.59. The van der Waals surface area contributed by atoms with Crippen LogP contribution in [0.5, 0.6) is 0 Å². The molecule has 0 aliphatic carbocycles. The average molecular weight is 400 g/mol. The first-order valence-corrected chi connectivity index (χ1v) is 10.1. The largest absolute Gasteiger partial charge is 0.469 e. The van der Waals surface area contributed by atoms with Crippen LogP contribution < -0.4 is 10.0 Å². The van der Waals surface area contributed by atoms with Crippen LogP contribution in [0.1, 0.15) is 23.7 Å². The van der Waals surface area contributed by atoms with Gasteiger partial charge in [0.05, 0.1) is 11.2 Å². The fourth-order valence-corrected chi connectivity index (χ4v) is 3.59. The first kappa shape index (κ1) is 19.6. The van der Waals surface area contributed by atoms with Crippen molar-refractivity contribution in [3.8, 4) is 0 Å². The maximum absolute atomic E-state index is 12.5. The zero-order valence-electron chi connectivity index (χ0n) is 15.5. The number of hydrogen-bond acceptors (Lipinski definition) is 6. The molecular formula is C19H20N4O4S. The smallest absolute Gasteiger partial charge is 0.263 e. The Morgan fingerprint density at radius 3 is 2.50 bits per heavy atom. The van der Waals surface area contributed by atoms with Gasteiger partial charge < -0.3 is 9.73 Å². The number of aryl methyl sites for hydroxylation is 3. The molecule has 28 heavy (non-hydrogen) atoms. The Hall–Kier alpha value is -3.20. The van der Waals surface area contributed by atoms with Crippen molar-refractivity contribution in [3.63, 3.8) is 0 Å². The van der Waals surface area contributed by atoms with E-state index < -0.39 is 10.0 Å². The van der Waals surface area contributed by atoms with Gasteiger partial charge in [0, 0.05) is 30.3 Å².